The lowest BCUT2D eigenvalue weighted by atomic mass is 9.80. The van der Waals surface area contributed by atoms with E-state index >= 15 is 0 Å². The van der Waals surface area contributed by atoms with Crippen LogP contribution in [-0.2, 0) is 4.79 Å². The maximum atomic E-state index is 11.9. The summed E-state index contributed by atoms with van der Waals surface area (Å²) >= 11 is 0. The minimum absolute atomic E-state index is 0.158. The van der Waals surface area contributed by atoms with Gasteiger partial charge in [0.2, 0.25) is 5.91 Å². The second-order valence-corrected chi connectivity index (χ2v) is 7.27. The van der Waals surface area contributed by atoms with E-state index in [0.29, 0.717) is 31.3 Å². The van der Waals surface area contributed by atoms with Crippen molar-refractivity contribution in [1.82, 2.24) is 10.2 Å². The third kappa shape index (κ3) is 5.49. The monoisotopic (exact) mass is 270 g/mol. The summed E-state index contributed by atoms with van der Waals surface area (Å²) in [5.41, 5.74) is 0.158. The first-order valence-corrected chi connectivity index (χ1v) is 7.36. The number of aliphatic hydroxyl groups excluding tert-OH is 1. The molecule has 2 atom stereocenters. The average Bonchev–Trinajstić information content (AvgIpc) is 2.59. The van der Waals surface area contributed by atoms with Crippen LogP contribution in [0.25, 0.3) is 0 Å². The molecule has 112 valence electrons. The smallest absolute Gasteiger partial charge is 0.223 e. The Labute approximate surface area is 117 Å². The molecule has 1 aliphatic rings. The molecule has 0 aliphatic carbocycles. The van der Waals surface area contributed by atoms with E-state index in [-0.39, 0.29) is 11.3 Å². The molecule has 4 heteroatoms. The molecule has 19 heavy (non-hydrogen) atoms. The van der Waals surface area contributed by atoms with Crippen LogP contribution in [0.4, 0.5) is 0 Å². The summed E-state index contributed by atoms with van der Waals surface area (Å²) in [4.78, 5) is 13.8. The fraction of sp³-hybridized carbons (Fsp3) is 0.933. The summed E-state index contributed by atoms with van der Waals surface area (Å²) in [7, 11) is 0. The molecule has 0 aromatic rings. The van der Waals surface area contributed by atoms with Crippen molar-refractivity contribution in [3.63, 3.8) is 0 Å². The van der Waals surface area contributed by atoms with E-state index < -0.39 is 6.10 Å². The molecule has 1 fully saturated rings. The Morgan fingerprint density at radius 1 is 1.37 bits per heavy atom. The van der Waals surface area contributed by atoms with Gasteiger partial charge in [0.15, 0.2) is 0 Å². The highest BCUT2D eigenvalue weighted by molar-refractivity contribution is 5.78. The number of β-amino-alcohol motifs (C(OH)–C–C–N with tert-alkyl or cyclic N) is 1. The highest BCUT2D eigenvalue weighted by Gasteiger charge is 2.37. The van der Waals surface area contributed by atoms with Crippen molar-refractivity contribution in [2.45, 2.75) is 47.1 Å². The number of aliphatic hydroxyl groups is 1. The Morgan fingerprint density at radius 2 is 2.00 bits per heavy atom. The summed E-state index contributed by atoms with van der Waals surface area (Å²) in [6.07, 6.45) is 0.150. The van der Waals surface area contributed by atoms with Crippen molar-refractivity contribution < 1.29 is 9.90 Å². The van der Waals surface area contributed by atoms with Crippen LogP contribution >= 0.6 is 0 Å². The zero-order valence-corrected chi connectivity index (χ0v) is 13.1. The number of amides is 1. The molecule has 1 rings (SSSR count). The van der Waals surface area contributed by atoms with Gasteiger partial charge in [-0.25, -0.2) is 0 Å². The molecule has 2 N–H and O–H groups in total. The normalized spacial score (nSPS) is 22.4. The molecular weight excluding hydrogens is 240 g/mol. The molecule has 1 amide bonds. The highest BCUT2D eigenvalue weighted by atomic mass is 16.3. The van der Waals surface area contributed by atoms with E-state index in [2.05, 4.69) is 39.9 Å². The van der Waals surface area contributed by atoms with Crippen LogP contribution in [0, 0.1) is 17.3 Å². The molecule has 0 saturated carbocycles. The molecule has 1 aliphatic heterocycles. The van der Waals surface area contributed by atoms with Crippen LogP contribution in [0.5, 0.6) is 0 Å². The van der Waals surface area contributed by atoms with Gasteiger partial charge >= 0.3 is 0 Å². The van der Waals surface area contributed by atoms with Gasteiger partial charge in [-0.15, -0.1) is 0 Å². The molecule has 0 aromatic carbocycles. The van der Waals surface area contributed by atoms with E-state index in [1.807, 2.05) is 4.90 Å². The number of rotatable bonds is 6. The lowest BCUT2D eigenvalue weighted by Gasteiger charge is -2.27. The number of hydrogen-bond acceptors (Lipinski definition) is 3. The maximum absolute atomic E-state index is 11.9. The minimum atomic E-state index is -0.471. The van der Waals surface area contributed by atoms with E-state index in [0.717, 1.165) is 13.1 Å². The first-order valence-electron chi connectivity index (χ1n) is 7.36. The van der Waals surface area contributed by atoms with Crippen molar-refractivity contribution in [1.29, 1.82) is 0 Å². The van der Waals surface area contributed by atoms with Gasteiger partial charge < -0.3 is 15.3 Å². The molecule has 0 bridgehead atoms. The third-order valence-electron chi connectivity index (χ3n) is 3.80. The first kappa shape index (κ1) is 16.4. The van der Waals surface area contributed by atoms with Crippen LogP contribution in [0.15, 0.2) is 0 Å². The van der Waals surface area contributed by atoms with E-state index in [1.165, 1.54) is 0 Å². The van der Waals surface area contributed by atoms with Gasteiger partial charge in [0.25, 0.3) is 0 Å². The summed E-state index contributed by atoms with van der Waals surface area (Å²) in [5, 5.41) is 13.2. The number of carbonyl (C=O) groups excluding carboxylic acids is 1. The largest absolute Gasteiger partial charge is 0.390 e. The molecule has 1 saturated heterocycles. The third-order valence-corrected chi connectivity index (χ3v) is 3.80. The summed E-state index contributed by atoms with van der Waals surface area (Å²) in [5.74, 6) is 1.16. The van der Waals surface area contributed by atoms with Gasteiger partial charge in [-0.3, -0.25) is 4.79 Å². The second-order valence-electron chi connectivity index (χ2n) is 7.27. The van der Waals surface area contributed by atoms with Crippen LogP contribution in [-0.4, -0.2) is 48.2 Å². The molecule has 1 heterocycles. The standard InChI is InChI=1S/C15H30N2O2/c1-11(2)7-16-8-13(18)10-17-9-12(6-14(17)19)15(3,4)5/h11-13,16,18H,6-10H2,1-5H3. The zero-order chi connectivity index (χ0) is 14.6. The summed E-state index contributed by atoms with van der Waals surface area (Å²) < 4.78 is 0. The average molecular weight is 270 g/mol. The Bertz CT molecular complexity index is 297. The maximum Gasteiger partial charge on any atom is 0.223 e. The van der Waals surface area contributed by atoms with Gasteiger partial charge in [-0.2, -0.15) is 0 Å². The lowest BCUT2D eigenvalue weighted by Crippen LogP contribution is -2.40. The number of hydrogen-bond donors (Lipinski definition) is 2. The fourth-order valence-corrected chi connectivity index (χ4v) is 2.39. The van der Waals surface area contributed by atoms with E-state index in [4.69, 9.17) is 0 Å². The van der Waals surface area contributed by atoms with Gasteiger partial charge in [0.05, 0.1) is 6.10 Å². The molecule has 0 aromatic heterocycles. The van der Waals surface area contributed by atoms with Crippen molar-refractivity contribution in [3.05, 3.63) is 0 Å². The molecule has 2 unspecified atom stereocenters. The first-order chi connectivity index (χ1) is 8.70. The van der Waals surface area contributed by atoms with Crippen LogP contribution in [0.2, 0.25) is 0 Å². The van der Waals surface area contributed by atoms with E-state index in [9.17, 15) is 9.90 Å². The van der Waals surface area contributed by atoms with Gasteiger partial charge in [-0.1, -0.05) is 34.6 Å². The van der Waals surface area contributed by atoms with E-state index in [1.54, 1.807) is 0 Å². The fourth-order valence-electron chi connectivity index (χ4n) is 2.39. The van der Waals surface area contributed by atoms with Crippen molar-refractivity contribution in [2.75, 3.05) is 26.2 Å². The summed E-state index contributed by atoms with van der Waals surface area (Å²) in [6.45, 7) is 13.5. The van der Waals surface area contributed by atoms with Crippen LogP contribution in [0.1, 0.15) is 41.0 Å². The highest BCUT2D eigenvalue weighted by Crippen LogP contribution is 2.34. The predicted octanol–water partition coefficient (Wildman–Crippen LogP) is 1.49. The van der Waals surface area contributed by atoms with Gasteiger partial charge in [-0.05, 0) is 23.8 Å². The predicted molar refractivity (Wildman–Crippen MR) is 77.9 cm³/mol. The van der Waals surface area contributed by atoms with Crippen molar-refractivity contribution >= 4 is 5.91 Å². The Hall–Kier alpha value is -0.610. The second kappa shape index (κ2) is 6.71. The van der Waals surface area contributed by atoms with Crippen molar-refractivity contribution in [2.24, 2.45) is 17.3 Å². The SMILES string of the molecule is CC(C)CNCC(O)CN1CC(C(C)(C)C)CC1=O. The Kier molecular flexibility index (Phi) is 5.81. The topological polar surface area (TPSA) is 52.6 Å². The van der Waals surface area contributed by atoms with Crippen LogP contribution in [0.3, 0.4) is 0 Å². The molecule has 4 nitrogen and oxygen atoms in total. The van der Waals surface area contributed by atoms with Crippen LogP contribution < -0.4 is 5.32 Å². The Balaban J connectivity index is 2.35. The number of carbonyl (C=O) groups is 1. The van der Waals surface area contributed by atoms with Crippen molar-refractivity contribution in [3.8, 4) is 0 Å². The minimum Gasteiger partial charge on any atom is -0.390 e. The zero-order valence-electron chi connectivity index (χ0n) is 13.1. The molecule has 0 radical (unpaired) electrons. The Morgan fingerprint density at radius 3 is 2.47 bits per heavy atom. The summed E-state index contributed by atoms with van der Waals surface area (Å²) in [6, 6.07) is 0. The lowest BCUT2D eigenvalue weighted by molar-refractivity contribution is -0.128. The van der Waals surface area contributed by atoms with Gasteiger partial charge in [0.1, 0.15) is 0 Å². The number of nitrogens with zero attached hydrogens (tertiary/aromatic N) is 1. The molecule has 0 spiro atoms. The number of nitrogens with one attached hydrogen (secondary N) is 1. The quantitative estimate of drug-likeness (QED) is 0.769. The van der Waals surface area contributed by atoms with Gasteiger partial charge in [0, 0.05) is 26.1 Å². The molecular formula is C15H30N2O2. The number of likely N-dealkylation sites (tertiary alicyclic amines) is 1.